The van der Waals surface area contributed by atoms with Gasteiger partial charge in [-0.2, -0.15) is 5.10 Å². The maximum absolute atomic E-state index is 5.94. The van der Waals surface area contributed by atoms with E-state index < -0.39 is 0 Å². The highest BCUT2D eigenvalue weighted by Crippen LogP contribution is 2.39. The van der Waals surface area contributed by atoms with Gasteiger partial charge in [-0.05, 0) is 56.0 Å². The van der Waals surface area contributed by atoms with Gasteiger partial charge in [-0.25, -0.2) is 4.68 Å². The molecule has 0 aliphatic heterocycles. The van der Waals surface area contributed by atoms with Crippen molar-refractivity contribution in [1.29, 1.82) is 0 Å². The first-order valence-electron chi connectivity index (χ1n) is 6.73. The van der Waals surface area contributed by atoms with E-state index in [0.717, 1.165) is 16.6 Å². The van der Waals surface area contributed by atoms with Crippen molar-refractivity contribution in [2.24, 2.45) is 5.73 Å². The Bertz CT molecular complexity index is 585. The van der Waals surface area contributed by atoms with E-state index in [-0.39, 0.29) is 6.04 Å². The molecule has 1 fully saturated rings. The van der Waals surface area contributed by atoms with E-state index in [1.807, 2.05) is 11.6 Å². The van der Waals surface area contributed by atoms with Gasteiger partial charge in [-0.3, -0.25) is 0 Å². The normalized spacial score (nSPS) is 16.6. The smallest absolute Gasteiger partial charge is 0.0678 e. The Morgan fingerprint density at radius 1 is 1.42 bits per heavy atom. The van der Waals surface area contributed by atoms with Crippen LogP contribution in [0.15, 0.2) is 34.9 Å². The van der Waals surface area contributed by atoms with Gasteiger partial charge in [0.25, 0.3) is 0 Å². The van der Waals surface area contributed by atoms with Crippen LogP contribution in [-0.2, 0) is 6.42 Å². The fourth-order valence-corrected chi connectivity index (χ4v) is 2.77. The van der Waals surface area contributed by atoms with Gasteiger partial charge >= 0.3 is 0 Å². The molecule has 0 spiro atoms. The maximum Gasteiger partial charge on any atom is 0.0678 e. The Morgan fingerprint density at radius 2 is 2.21 bits per heavy atom. The summed E-state index contributed by atoms with van der Waals surface area (Å²) < 4.78 is 3.07. The zero-order valence-electron chi connectivity index (χ0n) is 11.0. The molecule has 0 amide bonds. The summed E-state index contributed by atoms with van der Waals surface area (Å²) in [5, 5.41) is 4.70. The molecule has 4 heteroatoms. The van der Waals surface area contributed by atoms with Crippen molar-refractivity contribution in [3.05, 3.63) is 46.2 Å². The third-order valence-electron chi connectivity index (χ3n) is 3.44. The first-order chi connectivity index (χ1) is 9.13. The molecule has 2 aromatic rings. The minimum atomic E-state index is 0.145. The number of halogens is 1. The molecule has 1 aromatic carbocycles. The minimum Gasteiger partial charge on any atom is -0.328 e. The minimum absolute atomic E-state index is 0.145. The molecule has 1 saturated carbocycles. The second-order valence-corrected chi connectivity index (χ2v) is 6.33. The molecule has 100 valence electrons. The highest BCUT2D eigenvalue weighted by atomic mass is 79.9. The molecule has 1 aliphatic carbocycles. The number of nitrogens with zero attached hydrogens (tertiary/aromatic N) is 2. The lowest BCUT2D eigenvalue weighted by Crippen LogP contribution is -2.19. The van der Waals surface area contributed by atoms with E-state index in [1.165, 1.54) is 24.1 Å². The second-order valence-electron chi connectivity index (χ2n) is 5.41. The van der Waals surface area contributed by atoms with Crippen LogP contribution in [0.3, 0.4) is 0 Å². The summed E-state index contributed by atoms with van der Waals surface area (Å²) in [5.41, 5.74) is 9.52. The van der Waals surface area contributed by atoms with Crippen LogP contribution in [0.25, 0.3) is 5.69 Å². The molecule has 19 heavy (non-hydrogen) atoms. The standard InChI is InChI=1S/C15H18BrN3/c1-10(17)8-12-9-13(16)4-5-15(12)19-7-6-14(18-19)11-2-3-11/h4-7,9-11H,2-3,8,17H2,1H3. The average Bonchev–Trinajstić information content (AvgIpc) is 3.08. The molecule has 1 unspecified atom stereocenters. The zero-order valence-corrected chi connectivity index (χ0v) is 12.6. The summed E-state index contributed by atoms with van der Waals surface area (Å²) >= 11 is 3.53. The fraction of sp³-hybridized carbons (Fsp3) is 0.400. The number of hydrogen-bond acceptors (Lipinski definition) is 2. The van der Waals surface area contributed by atoms with E-state index in [2.05, 4.69) is 46.4 Å². The summed E-state index contributed by atoms with van der Waals surface area (Å²) in [6.07, 6.45) is 5.48. The highest BCUT2D eigenvalue weighted by molar-refractivity contribution is 9.10. The molecule has 2 N–H and O–H groups in total. The van der Waals surface area contributed by atoms with Gasteiger partial charge in [-0.1, -0.05) is 15.9 Å². The molecular formula is C15H18BrN3. The highest BCUT2D eigenvalue weighted by Gasteiger charge is 2.26. The van der Waals surface area contributed by atoms with Crippen molar-refractivity contribution in [2.45, 2.75) is 38.1 Å². The predicted octanol–water partition coefficient (Wildman–Crippen LogP) is 3.40. The monoisotopic (exact) mass is 319 g/mol. The lowest BCUT2D eigenvalue weighted by Gasteiger charge is -2.12. The van der Waals surface area contributed by atoms with Crippen LogP contribution in [0.4, 0.5) is 0 Å². The van der Waals surface area contributed by atoms with Gasteiger partial charge in [0.1, 0.15) is 0 Å². The van der Waals surface area contributed by atoms with Crippen LogP contribution in [0.1, 0.15) is 36.9 Å². The lowest BCUT2D eigenvalue weighted by molar-refractivity contribution is 0.725. The van der Waals surface area contributed by atoms with Gasteiger partial charge in [0.2, 0.25) is 0 Å². The molecule has 1 heterocycles. The molecule has 1 atom stereocenters. The number of rotatable bonds is 4. The zero-order chi connectivity index (χ0) is 13.4. The van der Waals surface area contributed by atoms with Gasteiger partial charge in [0, 0.05) is 22.6 Å². The first-order valence-corrected chi connectivity index (χ1v) is 7.53. The van der Waals surface area contributed by atoms with E-state index in [1.54, 1.807) is 0 Å². The first kappa shape index (κ1) is 12.9. The van der Waals surface area contributed by atoms with Gasteiger partial charge in [0.15, 0.2) is 0 Å². The molecular weight excluding hydrogens is 302 g/mol. The third-order valence-corrected chi connectivity index (χ3v) is 3.93. The maximum atomic E-state index is 5.94. The molecule has 1 aliphatic rings. The number of hydrogen-bond donors (Lipinski definition) is 1. The fourth-order valence-electron chi connectivity index (χ4n) is 2.36. The van der Waals surface area contributed by atoms with E-state index in [0.29, 0.717) is 5.92 Å². The molecule has 0 bridgehead atoms. The summed E-state index contributed by atoms with van der Waals surface area (Å²) in [4.78, 5) is 0. The third kappa shape index (κ3) is 2.90. The van der Waals surface area contributed by atoms with Gasteiger partial charge in [0.05, 0.1) is 11.4 Å². The second kappa shape index (κ2) is 5.10. The SMILES string of the molecule is CC(N)Cc1cc(Br)ccc1-n1ccc(C2CC2)n1. The van der Waals surface area contributed by atoms with Gasteiger partial charge in [-0.15, -0.1) is 0 Å². The van der Waals surface area contributed by atoms with E-state index in [4.69, 9.17) is 10.8 Å². The Balaban J connectivity index is 1.97. The van der Waals surface area contributed by atoms with Crippen LogP contribution >= 0.6 is 15.9 Å². The quantitative estimate of drug-likeness (QED) is 0.938. The van der Waals surface area contributed by atoms with Crippen LogP contribution in [0.2, 0.25) is 0 Å². The summed E-state index contributed by atoms with van der Waals surface area (Å²) in [5.74, 6) is 0.689. The molecule has 3 nitrogen and oxygen atoms in total. The predicted molar refractivity (Wildman–Crippen MR) is 80.6 cm³/mol. The lowest BCUT2D eigenvalue weighted by atomic mass is 10.1. The van der Waals surface area contributed by atoms with Crippen molar-refractivity contribution in [2.75, 3.05) is 0 Å². The van der Waals surface area contributed by atoms with Crippen LogP contribution in [0, 0.1) is 0 Å². The molecule has 0 saturated heterocycles. The van der Waals surface area contributed by atoms with Crippen molar-refractivity contribution >= 4 is 15.9 Å². The average molecular weight is 320 g/mol. The Hall–Kier alpha value is -1.13. The molecule has 0 radical (unpaired) electrons. The van der Waals surface area contributed by atoms with E-state index in [9.17, 15) is 0 Å². The van der Waals surface area contributed by atoms with Crippen molar-refractivity contribution < 1.29 is 0 Å². The number of aromatic nitrogens is 2. The molecule has 3 rings (SSSR count). The Labute approximate surface area is 121 Å². The summed E-state index contributed by atoms with van der Waals surface area (Å²) in [6.45, 7) is 2.03. The van der Waals surface area contributed by atoms with Crippen LogP contribution < -0.4 is 5.73 Å². The van der Waals surface area contributed by atoms with Crippen LogP contribution in [0.5, 0.6) is 0 Å². The van der Waals surface area contributed by atoms with Gasteiger partial charge < -0.3 is 5.73 Å². The summed E-state index contributed by atoms with van der Waals surface area (Å²) in [7, 11) is 0. The van der Waals surface area contributed by atoms with Crippen molar-refractivity contribution in [3.8, 4) is 5.69 Å². The summed E-state index contributed by atoms with van der Waals surface area (Å²) in [6, 6.07) is 8.57. The Morgan fingerprint density at radius 3 is 2.89 bits per heavy atom. The number of nitrogens with two attached hydrogens (primary N) is 1. The van der Waals surface area contributed by atoms with Crippen molar-refractivity contribution in [1.82, 2.24) is 9.78 Å². The topological polar surface area (TPSA) is 43.8 Å². The van der Waals surface area contributed by atoms with E-state index >= 15 is 0 Å². The van der Waals surface area contributed by atoms with Crippen LogP contribution in [-0.4, -0.2) is 15.8 Å². The van der Waals surface area contributed by atoms with Crippen molar-refractivity contribution in [3.63, 3.8) is 0 Å². The Kier molecular flexibility index (Phi) is 3.46. The molecule has 1 aromatic heterocycles. The largest absolute Gasteiger partial charge is 0.328 e. The number of benzene rings is 1.